The standard InChI is InChI=1S/C35H55N9O11/c1-18(2)27(34(54)41-23(29(36)49)15-20-9-5-4-6-10-20)43-31(51)21-11-7-8-14-38-26(48)13-12-22(39-24(16-45)30(37)50)32(52)44-28(19(3)47)35(55)42-25(17-46)33(53)40-21/h4-6,9-10,18-19,21-25,27-28,39,45-47H,7-8,11-17H2,1-3H3,(H2,36,49)(H2,37,50)(H,38,48)(H,40,53)(H,41,54)(H,42,55)(H,43,51)(H,44,52)/t19-,21?,22?,23+,24+,25+,27+,28+/m1/s1. The molecule has 306 valence electrons. The Morgan fingerprint density at radius 1 is 0.836 bits per heavy atom. The van der Waals surface area contributed by atoms with Gasteiger partial charge in [-0.15, -0.1) is 0 Å². The van der Waals surface area contributed by atoms with Crippen LogP contribution in [0.1, 0.15) is 58.4 Å². The lowest BCUT2D eigenvalue weighted by molar-refractivity contribution is -0.137. The summed E-state index contributed by atoms with van der Waals surface area (Å²) < 4.78 is 0. The van der Waals surface area contributed by atoms with Gasteiger partial charge in [-0.25, -0.2) is 0 Å². The molecule has 2 rings (SSSR count). The number of carbonyl (C=O) groups is 8. The summed E-state index contributed by atoms with van der Waals surface area (Å²) in [4.78, 5) is 104. The predicted molar refractivity (Wildman–Crippen MR) is 196 cm³/mol. The molecule has 0 spiro atoms. The lowest BCUT2D eigenvalue weighted by Crippen LogP contribution is -2.62. The van der Waals surface area contributed by atoms with Gasteiger partial charge in [0, 0.05) is 19.4 Å². The van der Waals surface area contributed by atoms with Crippen molar-refractivity contribution in [3.8, 4) is 0 Å². The summed E-state index contributed by atoms with van der Waals surface area (Å²) in [6.45, 7) is 2.84. The molecule has 55 heavy (non-hydrogen) atoms. The number of hydrogen-bond acceptors (Lipinski definition) is 12. The molecule has 20 nitrogen and oxygen atoms in total. The van der Waals surface area contributed by atoms with Crippen LogP contribution in [0.3, 0.4) is 0 Å². The highest BCUT2D eigenvalue weighted by Crippen LogP contribution is 2.10. The van der Waals surface area contributed by atoms with E-state index in [-0.39, 0.29) is 38.6 Å². The van der Waals surface area contributed by atoms with Crippen LogP contribution in [0, 0.1) is 5.92 Å². The number of nitrogens with one attached hydrogen (secondary N) is 7. The van der Waals surface area contributed by atoms with Crippen LogP contribution in [0.4, 0.5) is 0 Å². The summed E-state index contributed by atoms with van der Waals surface area (Å²) in [6.07, 6.45) is -1.39. The smallest absolute Gasteiger partial charge is 0.245 e. The molecule has 1 fully saturated rings. The van der Waals surface area contributed by atoms with Crippen LogP contribution in [0.15, 0.2) is 30.3 Å². The van der Waals surface area contributed by atoms with Crippen molar-refractivity contribution >= 4 is 47.3 Å². The van der Waals surface area contributed by atoms with Crippen LogP contribution < -0.4 is 48.7 Å². The van der Waals surface area contributed by atoms with Crippen molar-refractivity contribution in [2.24, 2.45) is 17.4 Å². The fourth-order valence-electron chi connectivity index (χ4n) is 5.60. The number of nitrogens with two attached hydrogens (primary N) is 2. The Hall–Kier alpha value is -5.18. The minimum Gasteiger partial charge on any atom is -0.394 e. The van der Waals surface area contributed by atoms with E-state index in [1.165, 1.54) is 0 Å². The fourth-order valence-corrected chi connectivity index (χ4v) is 5.60. The van der Waals surface area contributed by atoms with Crippen LogP contribution in [0.2, 0.25) is 0 Å². The van der Waals surface area contributed by atoms with E-state index in [0.29, 0.717) is 6.42 Å². The summed E-state index contributed by atoms with van der Waals surface area (Å²) >= 11 is 0. The second kappa shape index (κ2) is 22.9. The van der Waals surface area contributed by atoms with Gasteiger partial charge in [0.2, 0.25) is 47.3 Å². The normalized spacial score (nSPS) is 22.9. The number of rotatable bonds is 14. The summed E-state index contributed by atoms with van der Waals surface area (Å²) in [5.41, 5.74) is 11.6. The summed E-state index contributed by atoms with van der Waals surface area (Å²) in [5.74, 6) is -7.37. The van der Waals surface area contributed by atoms with Gasteiger partial charge < -0.3 is 58.7 Å². The van der Waals surface area contributed by atoms with Gasteiger partial charge in [0.25, 0.3) is 0 Å². The Balaban J connectivity index is 2.32. The minimum atomic E-state index is -1.72. The zero-order chi connectivity index (χ0) is 41.2. The molecule has 0 radical (unpaired) electrons. The van der Waals surface area contributed by atoms with Crippen molar-refractivity contribution in [3.05, 3.63) is 35.9 Å². The Labute approximate surface area is 318 Å². The van der Waals surface area contributed by atoms with E-state index in [1.807, 2.05) is 0 Å². The van der Waals surface area contributed by atoms with Crippen LogP contribution in [-0.4, -0.2) is 131 Å². The van der Waals surface area contributed by atoms with Gasteiger partial charge in [-0.05, 0) is 44.1 Å². The minimum absolute atomic E-state index is 0.0160. The first-order chi connectivity index (χ1) is 26.0. The zero-order valence-electron chi connectivity index (χ0n) is 31.2. The van der Waals surface area contributed by atoms with Crippen LogP contribution in [0.5, 0.6) is 0 Å². The average Bonchev–Trinajstić information content (AvgIpc) is 3.13. The van der Waals surface area contributed by atoms with Gasteiger partial charge in [0.15, 0.2) is 0 Å². The zero-order valence-corrected chi connectivity index (χ0v) is 31.2. The van der Waals surface area contributed by atoms with Crippen molar-refractivity contribution in [1.82, 2.24) is 37.2 Å². The Morgan fingerprint density at radius 3 is 2.05 bits per heavy atom. The van der Waals surface area contributed by atoms with E-state index in [1.54, 1.807) is 44.2 Å². The van der Waals surface area contributed by atoms with Gasteiger partial charge in [-0.3, -0.25) is 43.7 Å². The Kier molecular flexibility index (Phi) is 19.1. The number of aliphatic hydroxyl groups excluding tert-OH is 3. The van der Waals surface area contributed by atoms with Gasteiger partial charge in [-0.1, -0.05) is 44.2 Å². The molecule has 8 atom stereocenters. The molecule has 14 N–H and O–H groups in total. The van der Waals surface area contributed by atoms with E-state index in [2.05, 4.69) is 37.2 Å². The molecule has 1 aliphatic heterocycles. The van der Waals surface area contributed by atoms with E-state index in [4.69, 9.17) is 11.5 Å². The summed E-state index contributed by atoms with van der Waals surface area (Å²) in [7, 11) is 0. The van der Waals surface area contributed by atoms with Gasteiger partial charge in [0.1, 0.15) is 36.3 Å². The molecule has 0 saturated carbocycles. The molecule has 8 amide bonds. The van der Waals surface area contributed by atoms with E-state index in [0.717, 1.165) is 12.5 Å². The van der Waals surface area contributed by atoms with Crippen molar-refractivity contribution < 1.29 is 53.7 Å². The molecule has 0 aromatic heterocycles. The highest BCUT2D eigenvalue weighted by molar-refractivity contribution is 5.97. The second-order valence-corrected chi connectivity index (χ2v) is 13.7. The van der Waals surface area contributed by atoms with Gasteiger partial charge in [-0.2, -0.15) is 0 Å². The van der Waals surface area contributed by atoms with Gasteiger partial charge in [0.05, 0.1) is 25.4 Å². The molecule has 2 unspecified atom stereocenters. The van der Waals surface area contributed by atoms with Crippen LogP contribution in [-0.2, 0) is 44.8 Å². The first-order valence-electron chi connectivity index (χ1n) is 18.1. The number of benzene rings is 1. The molecule has 1 saturated heterocycles. The third kappa shape index (κ3) is 15.2. The topological polar surface area (TPSA) is 333 Å². The number of amides is 8. The molecule has 1 aromatic rings. The van der Waals surface area contributed by atoms with E-state index in [9.17, 15) is 53.7 Å². The number of aliphatic hydroxyl groups is 3. The first-order valence-corrected chi connectivity index (χ1v) is 18.1. The van der Waals surface area contributed by atoms with E-state index < -0.39 is 115 Å². The van der Waals surface area contributed by atoms with Crippen LogP contribution >= 0.6 is 0 Å². The quantitative estimate of drug-likeness (QED) is 0.0846. The molecular formula is C35H55N9O11. The number of primary amides is 2. The third-order valence-electron chi connectivity index (χ3n) is 8.85. The largest absolute Gasteiger partial charge is 0.394 e. The lowest BCUT2D eigenvalue weighted by atomic mass is 10.00. The average molecular weight is 778 g/mol. The maximum absolute atomic E-state index is 13.7. The van der Waals surface area contributed by atoms with Gasteiger partial charge >= 0.3 is 0 Å². The van der Waals surface area contributed by atoms with Crippen molar-refractivity contribution in [2.45, 2.75) is 108 Å². The molecule has 0 aliphatic carbocycles. The summed E-state index contributed by atoms with van der Waals surface area (Å²) in [6, 6.07) is -0.903. The number of hydrogen-bond donors (Lipinski definition) is 12. The SMILES string of the molecule is CC(C)[C@H](NC(=O)C1CCCCNC(=O)CCC(N[C@@H](CO)C(N)=O)C(=O)N[C@@H]([C@@H](C)O)C(=O)N[C@@H](CO)C(=O)N1)C(=O)N[C@@H](Cc1ccccc1)C(N)=O. The Morgan fingerprint density at radius 2 is 1.49 bits per heavy atom. The highest BCUT2D eigenvalue weighted by Gasteiger charge is 2.35. The molecular weight excluding hydrogens is 722 g/mol. The monoisotopic (exact) mass is 777 g/mol. The van der Waals surface area contributed by atoms with E-state index >= 15 is 0 Å². The summed E-state index contributed by atoms with van der Waals surface area (Å²) in [5, 5.41) is 47.5. The van der Waals surface area contributed by atoms with Crippen molar-refractivity contribution in [2.75, 3.05) is 19.8 Å². The Bertz CT molecular complexity index is 1500. The highest BCUT2D eigenvalue weighted by atomic mass is 16.3. The maximum Gasteiger partial charge on any atom is 0.245 e. The molecule has 20 heteroatoms. The molecule has 0 bridgehead atoms. The second-order valence-electron chi connectivity index (χ2n) is 13.7. The molecule has 1 aromatic carbocycles. The maximum atomic E-state index is 13.7. The van der Waals surface area contributed by atoms with Crippen molar-refractivity contribution in [3.63, 3.8) is 0 Å². The van der Waals surface area contributed by atoms with Crippen molar-refractivity contribution in [1.29, 1.82) is 0 Å². The fraction of sp³-hybridized carbons (Fsp3) is 0.600. The lowest BCUT2D eigenvalue weighted by Gasteiger charge is -2.29. The molecule has 1 heterocycles. The predicted octanol–water partition coefficient (Wildman–Crippen LogP) is -4.95. The van der Waals surface area contributed by atoms with Crippen LogP contribution in [0.25, 0.3) is 0 Å². The number of carbonyl (C=O) groups excluding carboxylic acids is 8. The third-order valence-corrected chi connectivity index (χ3v) is 8.85. The first kappa shape index (κ1) is 46.0. The molecule has 1 aliphatic rings.